The normalized spacial score (nSPS) is 14.5. The Balaban J connectivity index is 2.88. The molecule has 0 unspecified atom stereocenters. The first-order valence-electron chi connectivity index (χ1n) is 7.06. The number of hydrogen-bond acceptors (Lipinski definition) is 3. The first-order chi connectivity index (χ1) is 9.74. The standard InChI is InChI=1S/C16H25NO4/c1-12(21-16(2,3)4)14(11-18)17(15(19)20)10-13-8-6-5-7-9-13/h5-9,12,14,18H,10-11H2,1-4H3,(H,19,20)/t12-,14-/m1/s1. The van der Waals surface area contributed by atoms with Gasteiger partial charge in [-0.15, -0.1) is 0 Å². The molecule has 118 valence electrons. The zero-order valence-electron chi connectivity index (χ0n) is 13.1. The van der Waals surface area contributed by atoms with Crippen LogP contribution in [0.15, 0.2) is 30.3 Å². The SMILES string of the molecule is C[C@@H](OC(C)(C)C)[C@@H](CO)N(Cc1ccccc1)C(=O)O. The van der Waals surface area contributed by atoms with E-state index < -0.39 is 23.8 Å². The van der Waals surface area contributed by atoms with Gasteiger partial charge >= 0.3 is 6.09 Å². The van der Waals surface area contributed by atoms with Crippen molar-refractivity contribution >= 4 is 6.09 Å². The summed E-state index contributed by atoms with van der Waals surface area (Å²) >= 11 is 0. The van der Waals surface area contributed by atoms with Crippen LogP contribution in [0.25, 0.3) is 0 Å². The maximum Gasteiger partial charge on any atom is 0.408 e. The summed E-state index contributed by atoms with van der Waals surface area (Å²) in [7, 11) is 0. The Labute approximate surface area is 126 Å². The summed E-state index contributed by atoms with van der Waals surface area (Å²) in [4.78, 5) is 12.8. The Bertz CT molecular complexity index is 441. The van der Waals surface area contributed by atoms with Gasteiger partial charge in [-0.2, -0.15) is 0 Å². The summed E-state index contributed by atoms with van der Waals surface area (Å²) in [5.74, 6) is 0. The minimum absolute atomic E-state index is 0.221. The average Bonchev–Trinajstić information content (AvgIpc) is 2.37. The molecular weight excluding hydrogens is 270 g/mol. The molecule has 2 N–H and O–H groups in total. The number of nitrogens with zero attached hydrogens (tertiary/aromatic N) is 1. The number of aliphatic hydroxyl groups excluding tert-OH is 1. The molecule has 0 aromatic heterocycles. The lowest BCUT2D eigenvalue weighted by Crippen LogP contribution is -2.49. The highest BCUT2D eigenvalue weighted by atomic mass is 16.5. The van der Waals surface area contributed by atoms with Crippen molar-refractivity contribution < 1.29 is 19.7 Å². The van der Waals surface area contributed by atoms with Gasteiger partial charge in [-0.3, -0.25) is 4.90 Å². The smallest absolute Gasteiger partial charge is 0.408 e. The van der Waals surface area contributed by atoms with Crippen molar-refractivity contribution in [3.05, 3.63) is 35.9 Å². The summed E-state index contributed by atoms with van der Waals surface area (Å²) in [6, 6.07) is 8.71. The van der Waals surface area contributed by atoms with Gasteiger partial charge < -0.3 is 14.9 Å². The van der Waals surface area contributed by atoms with E-state index in [0.29, 0.717) is 0 Å². The predicted molar refractivity (Wildman–Crippen MR) is 81.2 cm³/mol. The van der Waals surface area contributed by atoms with E-state index in [1.807, 2.05) is 51.1 Å². The molecule has 0 aliphatic carbocycles. The fraction of sp³-hybridized carbons (Fsp3) is 0.562. The van der Waals surface area contributed by atoms with Gasteiger partial charge in [0.05, 0.1) is 24.4 Å². The number of ether oxygens (including phenoxy) is 1. The number of hydrogen-bond donors (Lipinski definition) is 2. The van der Waals surface area contributed by atoms with Gasteiger partial charge in [-0.25, -0.2) is 4.79 Å². The molecule has 0 spiro atoms. The molecule has 0 bridgehead atoms. The Morgan fingerprint density at radius 2 is 1.86 bits per heavy atom. The fourth-order valence-electron chi connectivity index (χ4n) is 2.24. The van der Waals surface area contributed by atoms with Gasteiger partial charge in [0.1, 0.15) is 0 Å². The lowest BCUT2D eigenvalue weighted by Gasteiger charge is -2.35. The molecule has 0 fully saturated rings. The number of carboxylic acid groups (broad SMARTS) is 1. The van der Waals surface area contributed by atoms with Crippen molar-refractivity contribution in [1.29, 1.82) is 0 Å². The average molecular weight is 295 g/mol. The number of aliphatic hydroxyl groups is 1. The van der Waals surface area contributed by atoms with Crippen LogP contribution in [0.4, 0.5) is 4.79 Å². The highest BCUT2D eigenvalue weighted by Crippen LogP contribution is 2.18. The van der Waals surface area contributed by atoms with E-state index in [-0.39, 0.29) is 13.2 Å². The molecule has 0 aliphatic rings. The van der Waals surface area contributed by atoms with Crippen LogP contribution < -0.4 is 0 Å². The van der Waals surface area contributed by atoms with Gasteiger partial charge in [0.15, 0.2) is 0 Å². The second-order valence-corrected chi connectivity index (χ2v) is 6.08. The molecule has 5 heteroatoms. The number of amides is 1. The quantitative estimate of drug-likeness (QED) is 0.846. The molecule has 1 aromatic rings. The minimum Gasteiger partial charge on any atom is -0.465 e. The maximum absolute atomic E-state index is 11.5. The van der Waals surface area contributed by atoms with E-state index in [1.165, 1.54) is 4.90 Å². The maximum atomic E-state index is 11.5. The van der Waals surface area contributed by atoms with Crippen LogP contribution in [0.1, 0.15) is 33.3 Å². The van der Waals surface area contributed by atoms with Crippen molar-refractivity contribution in [2.45, 2.75) is 52.0 Å². The summed E-state index contributed by atoms with van der Waals surface area (Å²) < 4.78 is 5.79. The first kappa shape index (κ1) is 17.5. The Morgan fingerprint density at radius 3 is 2.29 bits per heavy atom. The van der Waals surface area contributed by atoms with Crippen molar-refractivity contribution in [3.8, 4) is 0 Å². The molecule has 1 rings (SSSR count). The molecule has 1 amide bonds. The van der Waals surface area contributed by atoms with E-state index in [2.05, 4.69) is 0 Å². The molecular formula is C16H25NO4. The number of rotatable bonds is 6. The van der Waals surface area contributed by atoms with Crippen molar-refractivity contribution in [3.63, 3.8) is 0 Å². The van der Waals surface area contributed by atoms with Crippen LogP contribution >= 0.6 is 0 Å². The second kappa shape index (κ2) is 7.43. The second-order valence-electron chi connectivity index (χ2n) is 6.08. The van der Waals surface area contributed by atoms with Gasteiger partial charge in [0, 0.05) is 6.54 Å². The lowest BCUT2D eigenvalue weighted by atomic mass is 10.1. The van der Waals surface area contributed by atoms with E-state index in [9.17, 15) is 15.0 Å². The molecule has 0 heterocycles. The van der Waals surface area contributed by atoms with Gasteiger partial charge in [-0.1, -0.05) is 30.3 Å². The molecule has 0 radical (unpaired) electrons. The zero-order valence-corrected chi connectivity index (χ0v) is 13.1. The van der Waals surface area contributed by atoms with Gasteiger partial charge in [0.25, 0.3) is 0 Å². The summed E-state index contributed by atoms with van der Waals surface area (Å²) in [5, 5.41) is 19.0. The van der Waals surface area contributed by atoms with Gasteiger partial charge in [-0.05, 0) is 33.3 Å². The van der Waals surface area contributed by atoms with Gasteiger partial charge in [0.2, 0.25) is 0 Å². The third-order valence-corrected chi connectivity index (χ3v) is 3.11. The van der Waals surface area contributed by atoms with Crippen LogP contribution in [-0.2, 0) is 11.3 Å². The summed E-state index contributed by atoms with van der Waals surface area (Å²) in [5.41, 5.74) is 0.477. The third kappa shape index (κ3) is 5.73. The third-order valence-electron chi connectivity index (χ3n) is 3.11. The van der Waals surface area contributed by atoms with Crippen molar-refractivity contribution in [1.82, 2.24) is 4.90 Å². The number of benzene rings is 1. The molecule has 2 atom stereocenters. The highest BCUT2D eigenvalue weighted by molar-refractivity contribution is 5.65. The monoisotopic (exact) mass is 295 g/mol. The van der Waals surface area contributed by atoms with E-state index in [1.54, 1.807) is 6.92 Å². The molecule has 0 saturated heterocycles. The summed E-state index contributed by atoms with van der Waals surface area (Å²) in [6.45, 7) is 7.43. The Morgan fingerprint density at radius 1 is 1.29 bits per heavy atom. The van der Waals surface area contributed by atoms with Crippen LogP contribution in [0.3, 0.4) is 0 Å². The lowest BCUT2D eigenvalue weighted by molar-refractivity contribution is -0.0931. The molecule has 0 saturated carbocycles. The van der Waals surface area contributed by atoms with Crippen molar-refractivity contribution in [2.75, 3.05) is 6.61 Å². The minimum atomic E-state index is -1.07. The molecule has 1 aromatic carbocycles. The van der Waals surface area contributed by atoms with Crippen LogP contribution in [0.2, 0.25) is 0 Å². The van der Waals surface area contributed by atoms with Crippen LogP contribution in [0.5, 0.6) is 0 Å². The fourth-order valence-corrected chi connectivity index (χ4v) is 2.24. The molecule has 21 heavy (non-hydrogen) atoms. The predicted octanol–water partition coefficient (Wildman–Crippen LogP) is 2.73. The largest absolute Gasteiger partial charge is 0.465 e. The zero-order chi connectivity index (χ0) is 16.0. The Kier molecular flexibility index (Phi) is 6.18. The van der Waals surface area contributed by atoms with Crippen molar-refractivity contribution in [2.24, 2.45) is 0 Å². The topological polar surface area (TPSA) is 70.0 Å². The van der Waals surface area contributed by atoms with E-state index >= 15 is 0 Å². The highest BCUT2D eigenvalue weighted by Gasteiger charge is 2.31. The Hall–Kier alpha value is -1.59. The van der Waals surface area contributed by atoms with E-state index in [4.69, 9.17) is 4.74 Å². The molecule has 5 nitrogen and oxygen atoms in total. The van der Waals surface area contributed by atoms with Crippen LogP contribution in [0, 0.1) is 0 Å². The van der Waals surface area contributed by atoms with Crippen LogP contribution in [-0.4, -0.2) is 45.6 Å². The summed E-state index contributed by atoms with van der Waals surface area (Å²) in [6.07, 6.45) is -1.47. The molecule has 0 aliphatic heterocycles. The number of carbonyl (C=O) groups is 1. The van der Waals surface area contributed by atoms with E-state index in [0.717, 1.165) is 5.56 Å². The first-order valence-corrected chi connectivity index (χ1v) is 7.06.